The van der Waals surface area contributed by atoms with Gasteiger partial charge in [-0.05, 0) is 18.2 Å². The molecule has 136 valence electrons. The summed E-state index contributed by atoms with van der Waals surface area (Å²) in [6.45, 7) is 5.60. The van der Waals surface area contributed by atoms with E-state index in [1.807, 2.05) is 0 Å². The molecule has 0 aliphatic rings. The normalized spacial score (nSPS) is 12.2. The number of aromatic nitrogens is 2. The van der Waals surface area contributed by atoms with Crippen LogP contribution in [-0.4, -0.2) is 28.2 Å². The maximum atomic E-state index is 13.0. The maximum Gasteiger partial charge on any atom is 0.433 e. The summed E-state index contributed by atoms with van der Waals surface area (Å²) in [6.07, 6.45) is -3.15. The first-order chi connectivity index (χ1) is 11.6. The second-order valence-electron chi connectivity index (χ2n) is 6.25. The number of hydrogen-bond donors (Lipinski definition) is 1. The van der Waals surface area contributed by atoms with E-state index in [1.165, 1.54) is 12.3 Å². The summed E-state index contributed by atoms with van der Waals surface area (Å²) in [4.78, 5) is 19.5. The summed E-state index contributed by atoms with van der Waals surface area (Å²) in [5.41, 5.74) is -1.18. The van der Waals surface area contributed by atoms with Crippen LogP contribution in [-0.2, 0) is 11.6 Å². The van der Waals surface area contributed by atoms with Crippen LogP contribution >= 0.6 is 11.8 Å². The van der Waals surface area contributed by atoms with Gasteiger partial charge in [0.1, 0.15) is 5.69 Å². The number of furan rings is 1. The minimum absolute atomic E-state index is 0.0343. The summed E-state index contributed by atoms with van der Waals surface area (Å²) in [7, 11) is 0. The van der Waals surface area contributed by atoms with Gasteiger partial charge in [-0.15, -0.1) is 0 Å². The molecular weight excluding hydrogens is 355 g/mol. The Balaban J connectivity index is 2.02. The quantitative estimate of drug-likeness (QED) is 0.489. The molecule has 2 aromatic rings. The lowest BCUT2D eigenvalue weighted by Crippen LogP contribution is -2.25. The first-order valence-electron chi connectivity index (χ1n) is 7.48. The van der Waals surface area contributed by atoms with Crippen LogP contribution < -0.4 is 5.32 Å². The number of hydrogen-bond acceptors (Lipinski definition) is 5. The van der Waals surface area contributed by atoms with Crippen molar-refractivity contribution in [3.05, 3.63) is 41.6 Å². The highest BCUT2D eigenvalue weighted by Gasteiger charge is 2.34. The highest BCUT2D eigenvalue weighted by molar-refractivity contribution is 7.99. The van der Waals surface area contributed by atoms with Crippen LogP contribution in [0.5, 0.6) is 0 Å². The molecule has 1 N–H and O–H groups in total. The molecular formula is C16H18F3N3O2S. The molecule has 0 bridgehead atoms. The predicted octanol–water partition coefficient (Wildman–Crippen LogP) is 3.91. The van der Waals surface area contributed by atoms with E-state index in [1.54, 1.807) is 26.8 Å². The number of carbonyl (C=O) groups excluding carboxylic acids is 1. The van der Waals surface area contributed by atoms with Crippen molar-refractivity contribution in [3.63, 3.8) is 0 Å². The standard InChI is InChI=1S/C16H18F3N3O2S/c1-15(2,3)11-9-12(16(17,18)19)22-14(21-11)25-8-6-20-13(23)10-5-4-7-24-10/h4-5,7,9H,6,8H2,1-3H3,(H,20,23). The number of thioether (sulfide) groups is 1. The van der Waals surface area contributed by atoms with Crippen molar-refractivity contribution in [1.29, 1.82) is 0 Å². The molecule has 1 amide bonds. The Kier molecular flexibility index (Phi) is 5.76. The second-order valence-corrected chi connectivity index (χ2v) is 7.31. The van der Waals surface area contributed by atoms with Gasteiger partial charge in [0.05, 0.1) is 12.0 Å². The van der Waals surface area contributed by atoms with Gasteiger partial charge in [-0.25, -0.2) is 9.97 Å². The Labute approximate surface area is 147 Å². The maximum absolute atomic E-state index is 13.0. The minimum Gasteiger partial charge on any atom is -0.459 e. The number of alkyl halides is 3. The largest absolute Gasteiger partial charge is 0.459 e. The summed E-state index contributed by atoms with van der Waals surface area (Å²) in [5.74, 6) is 0.124. The Morgan fingerprint density at radius 3 is 2.48 bits per heavy atom. The van der Waals surface area contributed by atoms with Crippen molar-refractivity contribution in [2.24, 2.45) is 0 Å². The fraction of sp³-hybridized carbons (Fsp3) is 0.438. The first-order valence-corrected chi connectivity index (χ1v) is 8.47. The zero-order chi connectivity index (χ0) is 18.7. The van der Waals surface area contributed by atoms with Crippen molar-refractivity contribution in [1.82, 2.24) is 15.3 Å². The van der Waals surface area contributed by atoms with E-state index in [2.05, 4.69) is 15.3 Å². The van der Waals surface area contributed by atoms with E-state index in [9.17, 15) is 18.0 Å². The molecule has 9 heteroatoms. The zero-order valence-electron chi connectivity index (χ0n) is 14.0. The molecule has 0 radical (unpaired) electrons. The third-order valence-corrected chi connectivity index (χ3v) is 3.98. The van der Waals surface area contributed by atoms with Gasteiger partial charge in [0.2, 0.25) is 0 Å². The number of nitrogens with one attached hydrogen (secondary N) is 1. The lowest BCUT2D eigenvalue weighted by molar-refractivity contribution is -0.141. The number of halogens is 3. The van der Waals surface area contributed by atoms with Crippen LogP contribution in [0.3, 0.4) is 0 Å². The number of nitrogens with zero attached hydrogens (tertiary/aromatic N) is 2. The van der Waals surface area contributed by atoms with E-state index in [-0.39, 0.29) is 23.4 Å². The topological polar surface area (TPSA) is 68.0 Å². The van der Waals surface area contributed by atoms with Gasteiger partial charge in [0, 0.05) is 17.7 Å². The molecule has 2 rings (SSSR count). The Hall–Kier alpha value is -2.03. The summed E-state index contributed by atoms with van der Waals surface area (Å²) in [6, 6.07) is 4.09. The molecule has 0 unspecified atom stereocenters. The molecule has 0 fully saturated rings. The molecule has 2 aromatic heterocycles. The zero-order valence-corrected chi connectivity index (χ0v) is 14.8. The van der Waals surface area contributed by atoms with Gasteiger partial charge < -0.3 is 9.73 Å². The molecule has 0 saturated heterocycles. The average Bonchev–Trinajstić information content (AvgIpc) is 3.04. The highest BCUT2D eigenvalue weighted by atomic mass is 32.2. The molecule has 0 aliphatic carbocycles. The number of carbonyl (C=O) groups is 1. The van der Waals surface area contributed by atoms with Crippen molar-refractivity contribution in [3.8, 4) is 0 Å². The van der Waals surface area contributed by atoms with Crippen molar-refractivity contribution in [2.45, 2.75) is 37.5 Å². The van der Waals surface area contributed by atoms with Crippen molar-refractivity contribution < 1.29 is 22.4 Å². The second kappa shape index (κ2) is 7.47. The number of rotatable bonds is 5. The molecule has 0 saturated carbocycles. The lowest BCUT2D eigenvalue weighted by Gasteiger charge is -2.19. The van der Waals surface area contributed by atoms with E-state index >= 15 is 0 Å². The fourth-order valence-corrected chi connectivity index (χ4v) is 2.53. The lowest BCUT2D eigenvalue weighted by atomic mass is 9.91. The molecule has 0 aliphatic heterocycles. The van der Waals surface area contributed by atoms with Crippen LogP contribution in [0, 0.1) is 0 Å². The molecule has 0 atom stereocenters. The van der Waals surface area contributed by atoms with Gasteiger partial charge in [0.15, 0.2) is 10.9 Å². The third-order valence-electron chi connectivity index (χ3n) is 3.13. The number of amides is 1. The van der Waals surface area contributed by atoms with Gasteiger partial charge in [-0.2, -0.15) is 13.2 Å². The SMILES string of the molecule is CC(C)(C)c1cc(C(F)(F)F)nc(SCCNC(=O)c2ccco2)n1. The van der Waals surface area contributed by atoms with E-state index in [0.29, 0.717) is 11.4 Å². The summed E-state index contributed by atoms with van der Waals surface area (Å²) >= 11 is 1.05. The van der Waals surface area contributed by atoms with Gasteiger partial charge in [0.25, 0.3) is 5.91 Å². The van der Waals surface area contributed by atoms with Crippen molar-refractivity contribution in [2.75, 3.05) is 12.3 Å². The monoisotopic (exact) mass is 373 g/mol. The smallest absolute Gasteiger partial charge is 0.433 e. The fourth-order valence-electron chi connectivity index (χ4n) is 1.82. The third kappa shape index (κ3) is 5.48. The molecule has 5 nitrogen and oxygen atoms in total. The van der Waals surface area contributed by atoms with Gasteiger partial charge >= 0.3 is 6.18 Å². The van der Waals surface area contributed by atoms with Crippen molar-refractivity contribution >= 4 is 17.7 Å². The highest BCUT2D eigenvalue weighted by Crippen LogP contribution is 2.32. The molecule has 0 aromatic carbocycles. The van der Waals surface area contributed by atoms with Gasteiger partial charge in [-0.1, -0.05) is 32.5 Å². The van der Waals surface area contributed by atoms with Crippen LogP contribution in [0.2, 0.25) is 0 Å². The van der Waals surface area contributed by atoms with E-state index < -0.39 is 17.3 Å². The van der Waals surface area contributed by atoms with Crippen LogP contribution in [0.1, 0.15) is 42.7 Å². The molecule has 2 heterocycles. The average molecular weight is 373 g/mol. The summed E-state index contributed by atoms with van der Waals surface area (Å²) in [5, 5.41) is 2.65. The summed E-state index contributed by atoms with van der Waals surface area (Å²) < 4.78 is 44.0. The first kappa shape index (κ1) is 19.3. The Morgan fingerprint density at radius 1 is 1.24 bits per heavy atom. The Morgan fingerprint density at radius 2 is 1.92 bits per heavy atom. The van der Waals surface area contributed by atoms with Gasteiger partial charge in [-0.3, -0.25) is 4.79 Å². The van der Waals surface area contributed by atoms with E-state index in [0.717, 1.165) is 17.8 Å². The van der Waals surface area contributed by atoms with Crippen LogP contribution in [0.15, 0.2) is 34.0 Å². The molecule has 0 spiro atoms. The minimum atomic E-state index is -4.54. The molecule has 25 heavy (non-hydrogen) atoms. The van der Waals surface area contributed by atoms with E-state index in [4.69, 9.17) is 4.42 Å². The van der Waals surface area contributed by atoms with Crippen LogP contribution in [0.25, 0.3) is 0 Å². The predicted molar refractivity (Wildman–Crippen MR) is 87.5 cm³/mol. The van der Waals surface area contributed by atoms with Crippen LogP contribution in [0.4, 0.5) is 13.2 Å². The Bertz CT molecular complexity index is 693.